The zero-order valence-electron chi connectivity index (χ0n) is 16.0. The molecule has 0 saturated heterocycles. The number of amides is 1. The van der Waals surface area contributed by atoms with E-state index in [4.69, 9.17) is 4.74 Å². The molecule has 2 N–H and O–H groups in total. The lowest BCUT2D eigenvalue weighted by Crippen LogP contribution is -2.26. The van der Waals surface area contributed by atoms with Crippen LogP contribution in [0.25, 0.3) is 11.0 Å². The van der Waals surface area contributed by atoms with E-state index in [2.05, 4.69) is 32.6 Å². The van der Waals surface area contributed by atoms with Crippen molar-refractivity contribution in [2.24, 2.45) is 0 Å². The van der Waals surface area contributed by atoms with Crippen molar-refractivity contribution in [3.8, 4) is 0 Å². The van der Waals surface area contributed by atoms with Gasteiger partial charge in [0.05, 0.1) is 29.6 Å². The molecule has 0 saturated carbocycles. The predicted molar refractivity (Wildman–Crippen MR) is 113 cm³/mol. The molecule has 0 bridgehead atoms. The summed E-state index contributed by atoms with van der Waals surface area (Å²) >= 11 is 3.05. The Morgan fingerprint density at radius 2 is 2.25 bits per heavy atom. The van der Waals surface area contributed by atoms with Gasteiger partial charge in [0.2, 0.25) is 0 Å². The molecular weight excluding hydrogens is 396 g/mol. The van der Waals surface area contributed by atoms with Gasteiger partial charge < -0.3 is 15.4 Å². The first-order valence-electron chi connectivity index (χ1n) is 9.13. The van der Waals surface area contributed by atoms with Crippen LogP contribution in [0.3, 0.4) is 0 Å². The van der Waals surface area contributed by atoms with Gasteiger partial charge in [-0.3, -0.25) is 4.79 Å². The Morgan fingerprint density at radius 1 is 1.36 bits per heavy atom. The molecule has 3 aromatic rings. The third-order valence-electron chi connectivity index (χ3n) is 3.86. The minimum Gasteiger partial charge on any atom is -0.383 e. The minimum absolute atomic E-state index is 0.0674. The Morgan fingerprint density at radius 3 is 3.00 bits per heavy atom. The molecule has 1 amide bonds. The van der Waals surface area contributed by atoms with E-state index in [0.29, 0.717) is 31.1 Å². The quantitative estimate of drug-likeness (QED) is 0.280. The van der Waals surface area contributed by atoms with E-state index in [1.807, 2.05) is 22.2 Å². The van der Waals surface area contributed by atoms with Crippen LogP contribution in [0.1, 0.15) is 23.0 Å². The molecule has 0 aliphatic heterocycles. The molecule has 150 valence electrons. The third kappa shape index (κ3) is 5.21. The molecule has 0 atom stereocenters. The first-order valence-corrected chi connectivity index (χ1v) is 11.0. The van der Waals surface area contributed by atoms with E-state index in [9.17, 15) is 4.79 Å². The van der Waals surface area contributed by atoms with E-state index in [1.165, 1.54) is 11.3 Å². The van der Waals surface area contributed by atoms with Gasteiger partial charge in [-0.05, 0) is 17.9 Å². The highest BCUT2D eigenvalue weighted by Gasteiger charge is 2.14. The Hall–Kier alpha value is -2.17. The Bertz CT molecular complexity index is 897. The monoisotopic (exact) mass is 420 g/mol. The number of hydrogen-bond acceptors (Lipinski definition) is 8. The summed E-state index contributed by atoms with van der Waals surface area (Å²) < 4.78 is 6.92. The third-order valence-corrected chi connectivity index (χ3v) is 5.79. The van der Waals surface area contributed by atoms with Gasteiger partial charge >= 0.3 is 0 Å². The fourth-order valence-electron chi connectivity index (χ4n) is 2.53. The van der Waals surface area contributed by atoms with Crippen LogP contribution in [0.5, 0.6) is 0 Å². The number of carbonyl (C=O) groups excluding carboxylic acids is 1. The molecule has 0 unspecified atom stereocenters. The second-order valence-electron chi connectivity index (χ2n) is 5.96. The minimum atomic E-state index is -0.0674. The van der Waals surface area contributed by atoms with E-state index < -0.39 is 0 Å². The number of hydrogen-bond donors (Lipinski definition) is 2. The lowest BCUT2D eigenvalue weighted by Gasteiger charge is -2.09. The highest BCUT2D eigenvalue weighted by atomic mass is 32.2. The molecule has 0 fully saturated rings. The number of fused-ring (bicyclic) bond motifs is 1. The van der Waals surface area contributed by atoms with Crippen LogP contribution in [-0.2, 0) is 11.3 Å². The lowest BCUT2D eigenvalue weighted by molar-refractivity contribution is 0.0956. The number of anilines is 1. The van der Waals surface area contributed by atoms with Gasteiger partial charge in [-0.15, -0.1) is 11.3 Å². The first kappa shape index (κ1) is 20.6. The van der Waals surface area contributed by atoms with Gasteiger partial charge in [-0.2, -0.15) is 5.10 Å². The van der Waals surface area contributed by atoms with Crippen molar-refractivity contribution < 1.29 is 9.53 Å². The van der Waals surface area contributed by atoms with Crippen LogP contribution in [0, 0.1) is 0 Å². The normalized spacial score (nSPS) is 11.1. The number of nitrogens with zero attached hydrogens (tertiary/aromatic N) is 4. The molecule has 0 aliphatic carbocycles. The SMILES string of the molecule is CCCSc1nc(NCCOC)c2cnn(CCNC(=O)c3cccs3)c2n1. The number of thioether (sulfide) groups is 1. The maximum Gasteiger partial charge on any atom is 0.261 e. The van der Waals surface area contributed by atoms with Crippen molar-refractivity contribution in [1.29, 1.82) is 0 Å². The fourth-order valence-corrected chi connectivity index (χ4v) is 3.87. The standard InChI is InChI=1S/C18H24N6O2S2/c1-3-10-28-18-22-15(19-7-9-26-2)13-12-21-24(16(13)23-18)8-6-20-17(25)14-5-4-11-27-14/h4-5,11-12H,3,6-10H2,1-2H3,(H,20,25)(H,19,22,23). The lowest BCUT2D eigenvalue weighted by atomic mass is 10.4. The van der Waals surface area contributed by atoms with Crippen LogP contribution >= 0.6 is 23.1 Å². The summed E-state index contributed by atoms with van der Waals surface area (Å²) in [5, 5.41) is 14.1. The van der Waals surface area contributed by atoms with Gasteiger partial charge in [0.1, 0.15) is 5.82 Å². The van der Waals surface area contributed by atoms with Crippen molar-refractivity contribution in [3.05, 3.63) is 28.6 Å². The zero-order valence-corrected chi connectivity index (χ0v) is 17.6. The zero-order chi connectivity index (χ0) is 19.8. The summed E-state index contributed by atoms with van der Waals surface area (Å²) in [5.74, 6) is 1.64. The highest BCUT2D eigenvalue weighted by molar-refractivity contribution is 7.99. The summed E-state index contributed by atoms with van der Waals surface area (Å²) in [7, 11) is 1.67. The smallest absolute Gasteiger partial charge is 0.261 e. The molecule has 3 rings (SSSR count). The summed E-state index contributed by atoms with van der Waals surface area (Å²) in [6, 6.07) is 3.68. The van der Waals surface area contributed by atoms with Crippen molar-refractivity contribution in [2.75, 3.05) is 37.9 Å². The van der Waals surface area contributed by atoms with Gasteiger partial charge in [-0.1, -0.05) is 24.8 Å². The van der Waals surface area contributed by atoms with Crippen LogP contribution in [-0.4, -0.2) is 58.2 Å². The molecule has 3 heterocycles. The molecular formula is C18H24N6O2S2. The number of carbonyl (C=O) groups is 1. The largest absolute Gasteiger partial charge is 0.383 e. The Kier molecular flexibility index (Phi) is 7.63. The van der Waals surface area contributed by atoms with Gasteiger partial charge in [-0.25, -0.2) is 14.6 Å². The van der Waals surface area contributed by atoms with Crippen LogP contribution in [0.2, 0.25) is 0 Å². The molecule has 3 aromatic heterocycles. The van der Waals surface area contributed by atoms with E-state index in [0.717, 1.165) is 34.2 Å². The van der Waals surface area contributed by atoms with Crippen molar-refractivity contribution in [2.45, 2.75) is 25.0 Å². The van der Waals surface area contributed by atoms with Crippen LogP contribution < -0.4 is 10.6 Å². The van der Waals surface area contributed by atoms with Crippen molar-refractivity contribution in [3.63, 3.8) is 0 Å². The Balaban J connectivity index is 1.74. The second-order valence-corrected chi connectivity index (χ2v) is 7.97. The second kappa shape index (κ2) is 10.4. The Labute approximate surface area is 172 Å². The number of nitrogens with one attached hydrogen (secondary N) is 2. The molecule has 10 heteroatoms. The van der Waals surface area contributed by atoms with Crippen LogP contribution in [0.15, 0.2) is 28.9 Å². The number of methoxy groups -OCH3 is 1. The average molecular weight is 421 g/mol. The summed E-state index contributed by atoms with van der Waals surface area (Å²) in [6.45, 7) is 4.38. The molecule has 0 radical (unpaired) electrons. The fraction of sp³-hybridized carbons (Fsp3) is 0.444. The van der Waals surface area contributed by atoms with Gasteiger partial charge in [0.15, 0.2) is 10.8 Å². The summed E-state index contributed by atoms with van der Waals surface area (Å²) in [4.78, 5) is 22.1. The van der Waals surface area contributed by atoms with Gasteiger partial charge in [0, 0.05) is 26.0 Å². The summed E-state index contributed by atoms with van der Waals surface area (Å²) in [5.41, 5.74) is 0.763. The van der Waals surface area contributed by atoms with E-state index in [-0.39, 0.29) is 5.91 Å². The predicted octanol–water partition coefficient (Wildman–Crippen LogP) is 2.88. The highest BCUT2D eigenvalue weighted by Crippen LogP contribution is 2.24. The number of aromatic nitrogens is 4. The maximum absolute atomic E-state index is 12.1. The number of thiophene rings is 1. The van der Waals surface area contributed by atoms with Gasteiger partial charge in [0.25, 0.3) is 5.91 Å². The number of rotatable bonds is 11. The maximum atomic E-state index is 12.1. The van der Waals surface area contributed by atoms with Crippen LogP contribution in [0.4, 0.5) is 5.82 Å². The molecule has 28 heavy (non-hydrogen) atoms. The first-order chi connectivity index (χ1) is 13.7. The number of ether oxygens (including phenoxy) is 1. The summed E-state index contributed by atoms with van der Waals surface area (Å²) in [6.07, 6.45) is 2.81. The molecule has 8 nitrogen and oxygen atoms in total. The molecule has 0 aromatic carbocycles. The van der Waals surface area contributed by atoms with Crippen molar-refractivity contribution >= 4 is 45.9 Å². The van der Waals surface area contributed by atoms with Crippen molar-refractivity contribution in [1.82, 2.24) is 25.1 Å². The molecule has 0 spiro atoms. The van der Waals surface area contributed by atoms with E-state index >= 15 is 0 Å². The topological polar surface area (TPSA) is 94.0 Å². The average Bonchev–Trinajstić information content (AvgIpc) is 3.37. The molecule has 0 aliphatic rings. The van der Waals surface area contributed by atoms with E-state index in [1.54, 1.807) is 25.1 Å².